The first-order chi connectivity index (χ1) is 14.8. The highest BCUT2D eigenvalue weighted by Crippen LogP contribution is 2.32. The van der Waals surface area contributed by atoms with Gasteiger partial charge < -0.3 is 9.64 Å². The number of nitro benzene ring substituents is 1. The summed E-state index contributed by atoms with van der Waals surface area (Å²) in [6.07, 6.45) is 4.18. The molecule has 0 unspecified atom stereocenters. The van der Waals surface area contributed by atoms with E-state index in [0.717, 1.165) is 42.9 Å². The summed E-state index contributed by atoms with van der Waals surface area (Å²) in [5.41, 5.74) is 1.50. The normalized spacial score (nSPS) is 17.3. The van der Waals surface area contributed by atoms with Crippen LogP contribution in [0.25, 0.3) is 0 Å². The summed E-state index contributed by atoms with van der Waals surface area (Å²) in [5, 5.41) is 13.2. The average molecular weight is 466 g/mol. The molecule has 0 saturated carbocycles. The number of piperazine rings is 1. The summed E-state index contributed by atoms with van der Waals surface area (Å²) in [5.74, 6) is -0.0463. The summed E-state index contributed by atoms with van der Waals surface area (Å²) in [7, 11) is -2.63. The molecule has 0 atom stereocenters. The van der Waals surface area contributed by atoms with Crippen molar-refractivity contribution in [3.63, 3.8) is 0 Å². The largest absolute Gasteiger partial charge is 0.490 e. The smallest absolute Gasteiger partial charge is 0.312 e. The summed E-state index contributed by atoms with van der Waals surface area (Å²) in [4.78, 5) is 26.4. The molecule has 0 spiro atoms. The van der Waals surface area contributed by atoms with Crippen LogP contribution in [-0.4, -0.2) is 61.7 Å². The molecular weight excluding hydrogens is 442 g/mol. The van der Waals surface area contributed by atoms with Crippen molar-refractivity contribution in [2.45, 2.75) is 30.6 Å². The van der Waals surface area contributed by atoms with Gasteiger partial charge in [-0.2, -0.15) is 4.31 Å². The number of benzene rings is 1. The molecule has 1 aliphatic carbocycles. The minimum Gasteiger partial charge on any atom is -0.490 e. The third-order valence-corrected chi connectivity index (χ3v) is 8.79. The molecule has 1 aliphatic heterocycles. The first-order valence-corrected chi connectivity index (χ1v) is 12.4. The zero-order valence-electron chi connectivity index (χ0n) is 17.1. The number of fused-ring (bicyclic) bond motifs is 1. The SMILES string of the molecule is COc1ccc(S(=O)(=O)N2CCN(C(=O)c3csc4c3CCCC4)CC2)cc1[N+](=O)[O-]. The van der Waals surface area contributed by atoms with E-state index < -0.39 is 20.6 Å². The number of ether oxygens (including phenoxy) is 1. The average Bonchev–Trinajstić information content (AvgIpc) is 3.22. The first kappa shape index (κ1) is 21.7. The molecule has 4 rings (SSSR count). The topological polar surface area (TPSA) is 110 Å². The molecule has 2 aromatic rings. The second-order valence-electron chi connectivity index (χ2n) is 7.55. The van der Waals surface area contributed by atoms with E-state index in [0.29, 0.717) is 0 Å². The van der Waals surface area contributed by atoms with Gasteiger partial charge in [0.1, 0.15) is 0 Å². The molecular formula is C20H23N3O6S2. The number of amides is 1. The number of nitro groups is 1. The third kappa shape index (κ3) is 4.04. The maximum atomic E-state index is 13.0. The fraction of sp³-hybridized carbons (Fsp3) is 0.450. The van der Waals surface area contributed by atoms with Crippen molar-refractivity contribution in [1.82, 2.24) is 9.21 Å². The van der Waals surface area contributed by atoms with Gasteiger partial charge in [0.25, 0.3) is 5.91 Å². The molecule has 166 valence electrons. The predicted octanol–water partition coefficient (Wildman–Crippen LogP) is 2.69. The first-order valence-electron chi connectivity index (χ1n) is 10.0. The van der Waals surface area contributed by atoms with Gasteiger partial charge in [-0.05, 0) is 43.4 Å². The molecule has 0 bridgehead atoms. The van der Waals surface area contributed by atoms with Gasteiger partial charge in [-0.15, -0.1) is 11.3 Å². The number of sulfonamides is 1. The number of nitrogens with zero attached hydrogens (tertiary/aromatic N) is 3. The maximum absolute atomic E-state index is 13.0. The quantitative estimate of drug-likeness (QED) is 0.496. The lowest BCUT2D eigenvalue weighted by Gasteiger charge is -2.34. The van der Waals surface area contributed by atoms with Crippen LogP contribution in [0.1, 0.15) is 33.6 Å². The summed E-state index contributed by atoms with van der Waals surface area (Å²) in [6.45, 7) is 0.836. The van der Waals surface area contributed by atoms with Crippen LogP contribution in [0.3, 0.4) is 0 Å². The van der Waals surface area contributed by atoms with E-state index in [1.807, 2.05) is 5.38 Å². The number of aryl methyl sites for hydroxylation is 1. The number of rotatable bonds is 5. The molecule has 1 saturated heterocycles. The minimum absolute atomic E-state index is 0.00143. The van der Waals surface area contributed by atoms with E-state index >= 15 is 0 Å². The van der Waals surface area contributed by atoms with Gasteiger partial charge in [0.15, 0.2) is 5.75 Å². The zero-order valence-corrected chi connectivity index (χ0v) is 18.7. The fourth-order valence-electron chi connectivity index (χ4n) is 4.10. The lowest BCUT2D eigenvalue weighted by molar-refractivity contribution is -0.386. The van der Waals surface area contributed by atoms with Gasteiger partial charge >= 0.3 is 5.69 Å². The van der Waals surface area contributed by atoms with Crippen LogP contribution in [-0.2, 0) is 22.9 Å². The molecule has 1 aromatic heterocycles. The van der Waals surface area contributed by atoms with Gasteiger partial charge in [-0.25, -0.2) is 8.42 Å². The molecule has 31 heavy (non-hydrogen) atoms. The zero-order chi connectivity index (χ0) is 22.2. The minimum atomic E-state index is -3.92. The Kier molecular flexibility index (Phi) is 6.00. The standard InChI is InChI=1S/C20H23N3O6S2/c1-29-18-7-6-14(12-17(18)23(25)26)31(27,28)22-10-8-21(9-11-22)20(24)16-13-30-19-5-3-2-4-15(16)19/h6-7,12-13H,2-5,8-11H2,1H3. The fourth-order valence-corrected chi connectivity index (χ4v) is 6.66. The second-order valence-corrected chi connectivity index (χ2v) is 10.4. The van der Waals surface area contributed by atoms with Crippen molar-refractivity contribution in [3.8, 4) is 5.75 Å². The molecule has 1 amide bonds. The lowest BCUT2D eigenvalue weighted by Crippen LogP contribution is -2.50. The van der Waals surface area contributed by atoms with Crippen molar-refractivity contribution in [2.24, 2.45) is 0 Å². The van der Waals surface area contributed by atoms with Gasteiger partial charge in [0, 0.05) is 42.5 Å². The van der Waals surface area contributed by atoms with Crippen LogP contribution < -0.4 is 4.74 Å². The van der Waals surface area contributed by atoms with E-state index in [4.69, 9.17) is 4.74 Å². The molecule has 1 aromatic carbocycles. The van der Waals surface area contributed by atoms with Crippen LogP contribution in [0.5, 0.6) is 5.75 Å². The molecule has 2 heterocycles. The number of carbonyl (C=O) groups is 1. The highest BCUT2D eigenvalue weighted by atomic mass is 32.2. The molecule has 9 nitrogen and oxygen atoms in total. The summed E-state index contributed by atoms with van der Waals surface area (Å²) < 4.78 is 32.2. The Labute approximate surface area is 184 Å². The summed E-state index contributed by atoms with van der Waals surface area (Å²) in [6, 6.07) is 3.60. The highest BCUT2D eigenvalue weighted by molar-refractivity contribution is 7.89. The molecule has 0 radical (unpaired) electrons. The monoisotopic (exact) mass is 465 g/mol. The highest BCUT2D eigenvalue weighted by Gasteiger charge is 2.33. The van der Waals surface area contributed by atoms with E-state index in [-0.39, 0.29) is 42.7 Å². The molecule has 2 aliphatic rings. The Bertz CT molecular complexity index is 1120. The van der Waals surface area contributed by atoms with Crippen molar-refractivity contribution >= 4 is 33.0 Å². The van der Waals surface area contributed by atoms with Gasteiger partial charge in [0.05, 0.1) is 22.5 Å². The number of methoxy groups -OCH3 is 1. The van der Waals surface area contributed by atoms with Gasteiger partial charge in [0.2, 0.25) is 10.0 Å². The van der Waals surface area contributed by atoms with Gasteiger partial charge in [-0.3, -0.25) is 14.9 Å². The Hall–Kier alpha value is -2.50. The Morgan fingerprint density at radius 2 is 1.87 bits per heavy atom. The number of carbonyl (C=O) groups excluding carboxylic acids is 1. The Morgan fingerprint density at radius 1 is 1.16 bits per heavy atom. The maximum Gasteiger partial charge on any atom is 0.312 e. The predicted molar refractivity (Wildman–Crippen MR) is 115 cm³/mol. The van der Waals surface area contributed by atoms with Gasteiger partial charge in [-0.1, -0.05) is 0 Å². The number of thiophene rings is 1. The van der Waals surface area contributed by atoms with Crippen LogP contribution in [0.15, 0.2) is 28.5 Å². The van der Waals surface area contributed by atoms with E-state index in [2.05, 4.69) is 0 Å². The Morgan fingerprint density at radius 3 is 2.55 bits per heavy atom. The van der Waals surface area contributed by atoms with E-state index in [1.165, 1.54) is 28.4 Å². The van der Waals surface area contributed by atoms with Crippen LogP contribution >= 0.6 is 11.3 Å². The number of hydrogen-bond acceptors (Lipinski definition) is 7. The van der Waals surface area contributed by atoms with E-state index in [9.17, 15) is 23.3 Å². The van der Waals surface area contributed by atoms with Crippen LogP contribution in [0, 0.1) is 10.1 Å². The van der Waals surface area contributed by atoms with Crippen molar-refractivity contribution < 1.29 is 22.9 Å². The Balaban J connectivity index is 1.48. The molecule has 0 N–H and O–H groups in total. The lowest BCUT2D eigenvalue weighted by atomic mass is 9.95. The second kappa shape index (κ2) is 8.56. The molecule has 1 fully saturated rings. The molecule has 11 heteroatoms. The van der Waals surface area contributed by atoms with Crippen molar-refractivity contribution in [1.29, 1.82) is 0 Å². The summed E-state index contributed by atoms with van der Waals surface area (Å²) >= 11 is 1.63. The third-order valence-electron chi connectivity index (χ3n) is 5.80. The van der Waals surface area contributed by atoms with E-state index in [1.54, 1.807) is 16.2 Å². The van der Waals surface area contributed by atoms with Crippen LogP contribution in [0.2, 0.25) is 0 Å². The number of hydrogen-bond donors (Lipinski definition) is 0. The van der Waals surface area contributed by atoms with Crippen molar-refractivity contribution in [2.75, 3.05) is 33.3 Å². The van der Waals surface area contributed by atoms with Crippen LogP contribution in [0.4, 0.5) is 5.69 Å². The van der Waals surface area contributed by atoms with Crippen molar-refractivity contribution in [3.05, 3.63) is 49.7 Å².